The largest absolute Gasteiger partial charge is 0.418 e. The van der Waals surface area contributed by atoms with Crippen molar-refractivity contribution in [2.75, 3.05) is 0 Å². The lowest BCUT2D eigenvalue weighted by atomic mass is 10.1. The van der Waals surface area contributed by atoms with Crippen molar-refractivity contribution < 1.29 is 23.2 Å². The fourth-order valence-corrected chi connectivity index (χ4v) is 1.65. The topological polar surface area (TPSA) is 79.2 Å². The van der Waals surface area contributed by atoms with Crippen LogP contribution >= 0.6 is 0 Å². The van der Waals surface area contributed by atoms with Gasteiger partial charge in [-0.2, -0.15) is 13.2 Å². The van der Waals surface area contributed by atoms with Gasteiger partial charge >= 0.3 is 6.18 Å². The van der Waals surface area contributed by atoms with Gasteiger partial charge in [0.1, 0.15) is 0 Å². The van der Waals surface area contributed by atoms with Crippen molar-refractivity contribution >= 4 is 16.6 Å². The summed E-state index contributed by atoms with van der Waals surface area (Å²) < 4.78 is 37.2. The Kier molecular flexibility index (Phi) is 2.74. The number of hydrogen-bond donors (Lipinski definition) is 2. The van der Waals surface area contributed by atoms with Gasteiger partial charge < -0.3 is 10.1 Å². The molecule has 8 heteroatoms. The molecule has 0 spiro atoms. The molecule has 0 aliphatic carbocycles. The number of nitrogens with one attached hydrogen (secondary N) is 1. The number of hydrogen-bond acceptors (Lipinski definition) is 3. The van der Waals surface area contributed by atoms with Crippen molar-refractivity contribution in [2.24, 2.45) is 0 Å². The molecule has 5 nitrogen and oxygen atoms in total. The molecule has 0 saturated heterocycles. The summed E-state index contributed by atoms with van der Waals surface area (Å²) in [5.74, 6) is 0. The zero-order chi connectivity index (χ0) is 13.5. The molecule has 0 bridgehead atoms. The number of H-pyrrole nitrogens is 1. The Hall–Kier alpha value is -2.09. The molecule has 0 aliphatic rings. The van der Waals surface area contributed by atoms with E-state index < -0.39 is 22.8 Å². The van der Waals surface area contributed by atoms with Crippen LogP contribution in [0.4, 0.5) is 18.9 Å². The van der Waals surface area contributed by atoms with Crippen molar-refractivity contribution in [3.63, 3.8) is 0 Å². The van der Waals surface area contributed by atoms with Gasteiger partial charge in [0, 0.05) is 34.8 Å². The molecule has 0 radical (unpaired) electrons. The molecule has 2 N–H and O–H groups in total. The van der Waals surface area contributed by atoms with Gasteiger partial charge in [-0.25, -0.2) is 0 Å². The lowest BCUT2D eigenvalue weighted by Crippen LogP contribution is -2.19. The number of halogens is 3. The molecule has 2 aromatic rings. The summed E-state index contributed by atoms with van der Waals surface area (Å²) in [6.45, 7) is 0. The predicted octanol–water partition coefficient (Wildman–Crippen LogP) is 2.67. The van der Waals surface area contributed by atoms with E-state index in [4.69, 9.17) is 5.11 Å². The van der Waals surface area contributed by atoms with E-state index in [1.54, 1.807) is 0 Å². The van der Waals surface area contributed by atoms with E-state index in [0.717, 1.165) is 12.3 Å². The number of non-ortho nitro benzene ring substituents is 1. The summed E-state index contributed by atoms with van der Waals surface area (Å²) >= 11 is 0. The first-order valence-corrected chi connectivity index (χ1v) is 4.81. The minimum Gasteiger partial charge on any atom is -0.379 e. The van der Waals surface area contributed by atoms with E-state index in [1.807, 2.05) is 0 Å². The fraction of sp³-hybridized carbons (Fsp3) is 0.200. The molecule has 1 atom stereocenters. The van der Waals surface area contributed by atoms with Gasteiger partial charge in [-0.1, -0.05) is 0 Å². The maximum Gasteiger partial charge on any atom is 0.418 e. The Bertz CT molecular complexity index is 606. The maximum absolute atomic E-state index is 12.4. The molecule has 18 heavy (non-hydrogen) atoms. The first kappa shape index (κ1) is 12.4. The number of aromatic amines is 1. The lowest BCUT2D eigenvalue weighted by molar-refractivity contribution is -0.384. The number of fused-ring (bicyclic) bond motifs is 1. The van der Waals surface area contributed by atoms with Crippen molar-refractivity contribution in [3.8, 4) is 0 Å². The standard InChI is InChI=1S/C10H7F3N2O3/c11-10(12,13)9(16)7-4-14-8-2-1-5(15(17)18)3-6(7)8/h1-4,9,14,16H/t9-/m0/s1. The van der Waals surface area contributed by atoms with E-state index in [0.29, 0.717) is 5.52 Å². The summed E-state index contributed by atoms with van der Waals surface area (Å²) in [5.41, 5.74) is -0.474. The Morgan fingerprint density at radius 3 is 2.61 bits per heavy atom. The van der Waals surface area contributed by atoms with E-state index in [1.165, 1.54) is 12.1 Å². The van der Waals surface area contributed by atoms with Gasteiger partial charge in [0.2, 0.25) is 0 Å². The zero-order valence-corrected chi connectivity index (χ0v) is 8.73. The predicted molar refractivity (Wildman–Crippen MR) is 56.0 cm³/mol. The number of rotatable bonds is 2. The highest BCUT2D eigenvalue weighted by Crippen LogP contribution is 2.36. The minimum absolute atomic E-state index is 0.0194. The van der Waals surface area contributed by atoms with E-state index in [9.17, 15) is 23.3 Å². The fourth-order valence-electron chi connectivity index (χ4n) is 1.65. The third-order valence-electron chi connectivity index (χ3n) is 2.51. The van der Waals surface area contributed by atoms with E-state index >= 15 is 0 Å². The second-order valence-corrected chi connectivity index (χ2v) is 3.68. The molecular weight excluding hydrogens is 253 g/mol. The molecule has 1 aromatic heterocycles. The van der Waals surface area contributed by atoms with Crippen LogP contribution in [0.1, 0.15) is 11.7 Å². The molecule has 96 valence electrons. The molecule has 0 unspecified atom stereocenters. The molecule has 0 saturated carbocycles. The Labute approximate surface area is 98.0 Å². The monoisotopic (exact) mass is 260 g/mol. The van der Waals surface area contributed by atoms with E-state index in [2.05, 4.69) is 4.98 Å². The summed E-state index contributed by atoms with van der Waals surface area (Å²) in [6.07, 6.45) is -6.50. The summed E-state index contributed by atoms with van der Waals surface area (Å²) in [5, 5.41) is 19.7. The average molecular weight is 260 g/mol. The number of nitrogens with zero attached hydrogens (tertiary/aromatic N) is 1. The second kappa shape index (κ2) is 3.98. The van der Waals surface area contributed by atoms with Crippen molar-refractivity contribution in [3.05, 3.63) is 40.1 Å². The van der Waals surface area contributed by atoms with Gasteiger partial charge in [0.15, 0.2) is 6.10 Å². The number of benzene rings is 1. The van der Waals surface area contributed by atoms with Crippen LogP contribution in [0.3, 0.4) is 0 Å². The average Bonchev–Trinajstić information content (AvgIpc) is 2.68. The Balaban J connectivity index is 2.59. The Morgan fingerprint density at radius 1 is 1.39 bits per heavy atom. The second-order valence-electron chi connectivity index (χ2n) is 3.68. The quantitative estimate of drug-likeness (QED) is 0.643. The third-order valence-corrected chi connectivity index (χ3v) is 2.51. The number of alkyl halides is 3. The zero-order valence-electron chi connectivity index (χ0n) is 8.73. The molecule has 1 heterocycles. The molecule has 0 fully saturated rings. The highest BCUT2D eigenvalue weighted by atomic mass is 19.4. The van der Waals surface area contributed by atoms with Gasteiger partial charge in [-0.3, -0.25) is 10.1 Å². The molecule has 0 amide bonds. The van der Waals surface area contributed by atoms with Crippen LogP contribution in [-0.4, -0.2) is 21.2 Å². The number of nitro benzene ring substituents is 1. The van der Waals surface area contributed by atoms with Crippen molar-refractivity contribution in [1.29, 1.82) is 0 Å². The third kappa shape index (κ3) is 2.02. The SMILES string of the molecule is O=[N+]([O-])c1ccc2[nH]cc([C@H](O)C(F)(F)F)c2c1. The summed E-state index contributed by atoms with van der Waals surface area (Å²) in [4.78, 5) is 12.4. The Morgan fingerprint density at radius 2 is 2.06 bits per heavy atom. The van der Waals surface area contributed by atoms with Gasteiger partial charge in [-0.15, -0.1) is 0 Å². The normalized spacial score (nSPS) is 13.8. The molecule has 2 rings (SSSR count). The number of aliphatic hydroxyl groups excluding tert-OH is 1. The maximum atomic E-state index is 12.4. The highest BCUT2D eigenvalue weighted by Gasteiger charge is 2.40. The van der Waals surface area contributed by atoms with Crippen LogP contribution in [0.5, 0.6) is 0 Å². The highest BCUT2D eigenvalue weighted by molar-refractivity contribution is 5.85. The van der Waals surface area contributed by atoms with Crippen LogP contribution in [-0.2, 0) is 0 Å². The van der Waals surface area contributed by atoms with E-state index in [-0.39, 0.29) is 11.1 Å². The van der Waals surface area contributed by atoms with Crippen molar-refractivity contribution in [1.82, 2.24) is 4.98 Å². The van der Waals surface area contributed by atoms with Gasteiger partial charge in [-0.05, 0) is 6.07 Å². The number of aromatic nitrogens is 1. The first-order valence-electron chi connectivity index (χ1n) is 4.81. The van der Waals surface area contributed by atoms with Crippen molar-refractivity contribution in [2.45, 2.75) is 12.3 Å². The van der Waals surface area contributed by atoms with Crippen LogP contribution in [0.15, 0.2) is 24.4 Å². The van der Waals surface area contributed by atoms with Crippen LogP contribution < -0.4 is 0 Å². The minimum atomic E-state index is -4.82. The van der Waals surface area contributed by atoms with Crippen LogP contribution in [0.25, 0.3) is 10.9 Å². The molecule has 1 aromatic carbocycles. The summed E-state index contributed by atoms with van der Waals surface area (Å²) in [7, 11) is 0. The lowest BCUT2D eigenvalue weighted by Gasteiger charge is -2.13. The van der Waals surface area contributed by atoms with Crippen LogP contribution in [0, 0.1) is 10.1 Å². The molecular formula is C10H7F3N2O3. The van der Waals surface area contributed by atoms with Gasteiger partial charge in [0.25, 0.3) is 5.69 Å². The molecule has 0 aliphatic heterocycles. The summed E-state index contributed by atoms with van der Waals surface area (Å²) in [6, 6.07) is 3.46. The number of aliphatic hydroxyl groups is 1. The van der Waals surface area contributed by atoms with Gasteiger partial charge in [0.05, 0.1) is 4.92 Å². The smallest absolute Gasteiger partial charge is 0.379 e. The van der Waals surface area contributed by atoms with Crippen LogP contribution in [0.2, 0.25) is 0 Å². The first-order chi connectivity index (χ1) is 8.30. The number of nitro groups is 1.